The smallest absolute Gasteiger partial charge is 0.393 e. The molecular formula is C7H6F3NO2S. The molecule has 78 valence electrons. The van der Waals surface area contributed by atoms with Gasteiger partial charge >= 0.3 is 12.1 Å². The van der Waals surface area contributed by atoms with Gasteiger partial charge in [-0.05, 0) is 6.07 Å². The van der Waals surface area contributed by atoms with Gasteiger partial charge in [0.25, 0.3) is 0 Å². The Bertz CT molecular complexity index is 358. The lowest BCUT2D eigenvalue weighted by Crippen LogP contribution is -2.10. The first-order chi connectivity index (χ1) is 6.29. The highest BCUT2D eigenvalue weighted by Crippen LogP contribution is 2.30. The van der Waals surface area contributed by atoms with Gasteiger partial charge in [0, 0.05) is 4.88 Å². The minimum atomic E-state index is -4.34. The zero-order valence-corrected chi connectivity index (χ0v) is 7.58. The number of carbonyl (C=O) groups is 1. The summed E-state index contributed by atoms with van der Waals surface area (Å²) in [5.41, 5.74) is 4.96. The van der Waals surface area contributed by atoms with Gasteiger partial charge < -0.3 is 10.8 Å². The van der Waals surface area contributed by atoms with Gasteiger partial charge in [0.1, 0.15) is 5.00 Å². The molecule has 0 spiro atoms. The zero-order valence-electron chi connectivity index (χ0n) is 6.76. The highest BCUT2D eigenvalue weighted by atomic mass is 32.1. The van der Waals surface area contributed by atoms with E-state index in [0.717, 1.165) is 6.07 Å². The summed E-state index contributed by atoms with van der Waals surface area (Å²) in [5.74, 6) is -1.31. The van der Waals surface area contributed by atoms with E-state index in [4.69, 9.17) is 10.8 Å². The lowest BCUT2D eigenvalue weighted by molar-refractivity contribution is -0.126. The number of hydrogen-bond donors (Lipinski definition) is 2. The first kappa shape index (κ1) is 10.8. The first-order valence-corrected chi connectivity index (χ1v) is 4.29. The minimum absolute atomic E-state index is 0.0904. The van der Waals surface area contributed by atoms with E-state index in [1.54, 1.807) is 0 Å². The third-order valence-corrected chi connectivity index (χ3v) is 2.38. The number of nitrogen functional groups attached to an aromatic ring is 1. The van der Waals surface area contributed by atoms with Crippen LogP contribution in [0.15, 0.2) is 6.07 Å². The summed E-state index contributed by atoms with van der Waals surface area (Å²) in [6, 6.07) is 0.954. The summed E-state index contributed by atoms with van der Waals surface area (Å²) in [7, 11) is 0. The average Bonchev–Trinajstić information content (AvgIpc) is 2.26. The van der Waals surface area contributed by atoms with Crippen LogP contribution in [0, 0.1) is 0 Å². The molecular weight excluding hydrogens is 219 g/mol. The number of nitrogens with two attached hydrogens (primary N) is 1. The van der Waals surface area contributed by atoms with Crippen molar-refractivity contribution in [2.45, 2.75) is 12.6 Å². The lowest BCUT2D eigenvalue weighted by atomic mass is 10.2. The van der Waals surface area contributed by atoms with Crippen LogP contribution in [-0.4, -0.2) is 17.3 Å². The summed E-state index contributed by atoms with van der Waals surface area (Å²) in [4.78, 5) is 10.4. The highest BCUT2D eigenvalue weighted by molar-refractivity contribution is 7.16. The van der Waals surface area contributed by atoms with Crippen LogP contribution in [0.4, 0.5) is 18.2 Å². The summed E-state index contributed by atoms with van der Waals surface area (Å²) in [6.45, 7) is 0. The molecule has 1 rings (SSSR count). The number of rotatable bonds is 2. The third kappa shape index (κ3) is 2.63. The zero-order chi connectivity index (χ0) is 10.9. The molecule has 0 amide bonds. The second kappa shape index (κ2) is 3.49. The molecule has 7 heteroatoms. The Morgan fingerprint density at radius 2 is 2.14 bits per heavy atom. The maximum atomic E-state index is 11.9. The number of halogens is 3. The molecule has 3 nitrogen and oxygen atoms in total. The number of alkyl halides is 3. The van der Waals surface area contributed by atoms with Gasteiger partial charge in [0.2, 0.25) is 0 Å². The second-order valence-electron chi connectivity index (χ2n) is 2.59. The van der Waals surface area contributed by atoms with Crippen molar-refractivity contribution in [3.8, 4) is 0 Å². The number of carboxylic acid groups (broad SMARTS) is 1. The van der Waals surface area contributed by atoms with E-state index < -0.39 is 18.6 Å². The second-order valence-corrected chi connectivity index (χ2v) is 3.76. The summed E-state index contributed by atoms with van der Waals surface area (Å²) >= 11 is 0.647. The van der Waals surface area contributed by atoms with Gasteiger partial charge in [-0.2, -0.15) is 13.2 Å². The number of aromatic carboxylic acids is 1. The van der Waals surface area contributed by atoms with E-state index >= 15 is 0 Å². The molecule has 14 heavy (non-hydrogen) atoms. The highest BCUT2D eigenvalue weighted by Gasteiger charge is 2.29. The molecule has 0 atom stereocenters. The molecule has 0 bridgehead atoms. The molecule has 0 aliphatic carbocycles. The topological polar surface area (TPSA) is 63.3 Å². The number of hydrogen-bond acceptors (Lipinski definition) is 3. The van der Waals surface area contributed by atoms with Gasteiger partial charge in [0.05, 0.1) is 12.0 Å². The van der Waals surface area contributed by atoms with Crippen molar-refractivity contribution in [3.05, 3.63) is 16.5 Å². The first-order valence-electron chi connectivity index (χ1n) is 3.48. The quantitative estimate of drug-likeness (QED) is 0.810. The summed E-state index contributed by atoms with van der Waals surface area (Å²) < 4.78 is 35.7. The Morgan fingerprint density at radius 1 is 1.57 bits per heavy atom. The van der Waals surface area contributed by atoms with Gasteiger partial charge in [0.15, 0.2) is 0 Å². The predicted molar refractivity (Wildman–Crippen MR) is 45.4 cm³/mol. The molecule has 0 saturated carbocycles. The van der Waals surface area contributed by atoms with Crippen LogP contribution in [0.3, 0.4) is 0 Å². The van der Waals surface area contributed by atoms with Gasteiger partial charge in [-0.25, -0.2) is 4.79 Å². The SMILES string of the molecule is Nc1sc(CC(F)(F)F)cc1C(=O)O. The monoisotopic (exact) mass is 225 g/mol. The van der Waals surface area contributed by atoms with Crippen molar-refractivity contribution in [1.82, 2.24) is 0 Å². The van der Waals surface area contributed by atoms with Crippen LogP contribution in [0.5, 0.6) is 0 Å². The van der Waals surface area contributed by atoms with Crippen molar-refractivity contribution < 1.29 is 23.1 Å². The fourth-order valence-electron chi connectivity index (χ4n) is 0.910. The number of thiophene rings is 1. The third-order valence-electron chi connectivity index (χ3n) is 1.42. The average molecular weight is 225 g/mol. The Hall–Kier alpha value is -1.24. The molecule has 1 aromatic heterocycles. The maximum Gasteiger partial charge on any atom is 0.393 e. The molecule has 0 aromatic carbocycles. The molecule has 0 aliphatic heterocycles. The fourth-order valence-corrected chi connectivity index (χ4v) is 1.86. The van der Waals surface area contributed by atoms with E-state index in [9.17, 15) is 18.0 Å². The normalized spacial score (nSPS) is 11.6. The number of carboxylic acids is 1. The Labute approximate surface area is 81.0 Å². The molecule has 3 N–H and O–H groups in total. The lowest BCUT2D eigenvalue weighted by Gasteiger charge is -2.01. The van der Waals surface area contributed by atoms with Crippen LogP contribution in [-0.2, 0) is 6.42 Å². The minimum Gasteiger partial charge on any atom is -0.478 e. The van der Waals surface area contributed by atoms with Crippen LogP contribution < -0.4 is 5.73 Å². The standard InChI is InChI=1S/C7H6F3NO2S/c8-7(9,10)2-3-1-4(6(12)13)5(11)14-3/h1H,2,11H2,(H,12,13). The summed E-state index contributed by atoms with van der Waals surface area (Å²) in [5, 5.41) is 8.42. The molecule has 0 aliphatic rings. The van der Waals surface area contributed by atoms with Crippen LogP contribution in [0.1, 0.15) is 15.2 Å². The van der Waals surface area contributed by atoms with Crippen molar-refractivity contribution in [3.63, 3.8) is 0 Å². The van der Waals surface area contributed by atoms with Crippen LogP contribution in [0.25, 0.3) is 0 Å². The number of anilines is 1. The molecule has 0 unspecified atom stereocenters. The Morgan fingerprint density at radius 3 is 2.50 bits per heavy atom. The van der Waals surface area contributed by atoms with Crippen LogP contribution in [0.2, 0.25) is 0 Å². The predicted octanol–water partition coefficient (Wildman–Crippen LogP) is 2.13. The van der Waals surface area contributed by atoms with Gasteiger partial charge in [-0.3, -0.25) is 0 Å². The van der Waals surface area contributed by atoms with Crippen molar-refractivity contribution >= 4 is 22.3 Å². The van der Waals surface area contributed by atoms with Gasteiger partial charge in [-0.15, -0.1) is 11.3 Å². The van der Waals surface area contributed by atoms with E-state index in [1.165, 1.54) is 0 Å². The van der Waals surface area contributed by atoms with Crippen molar-refractivity contribution in [1.29, 1.82) is 0 Å². The maximum absolute atomic E-state index is 11.9. The summed E-state index contributed by atoms with van der Waals surface area (Å²) in [6.07, 6.45) is -5.48. The van der Waals surface area contributed by atoms with E-state index in [2.05, 4.69) is 0 Å². The molecule has 0 saturated heterocycles. The van der Waals surface area contributed by atoms with Crippen LogP contribution >= 0.6 is 11.3 Å². The van der Waals surface area contributed by atoms with E-state index in [0.29, 0.717) is 11.3 Å². The largest absolute Gasteiger partial charge is 0.478 e. The Balaban J connectivity index is 2.92. The van der Waals surface area contributed by atoms with E-state index in [1.807, 2.05) is 0 Å². The molecule has 1 heterocycles. The molecule has 0 radical (unpaired) electrons. The van der Waals surface area contributed by atoms with Crippen molar-refractivity contribution in [2.75, 3.05) is 5.73 Å². The Kier molecular flexibility index (Phi) is 2.70. The van der Waals surface area contributed by atoms with Crippen molar-refractivity contribution in [2.24, 2.45) is 0 Å². The fraction of sp³-hybridized carbons (Fsp3) is 0.286. The molecule has 1 aromatic rings. The molecule has 0 fully saturated rings. The van der Waals surface area contributed by atoms with Gasteiger partial charge in [-0.1, -0.05) is 0 Å². The van der Waals surface area contributed by atoms with E-state index in [-0.39, 0.29) is 15.4 Å².